The third-order valence-electron chi connectivity index (χ3n) is 4.77. The zero-order valence-corrected chi connectivity index (χ0v) is 16.4. The number of nitrogens with one attached hydrogen (secondary N) is 1. The molecule has 2 amide bonds. The molecule has 6 nitrogen and oxygen atoms in total. The van der Waals surface area contributed by atoms with Crippen LogP contribution >= 0.6 is 0 Å². The normalized spacial score (nSPS) is 14.2. The Hall–Kier alpha value is -2.76. The van der Waals surface area contributed by atoms with E-state index in [0.717, 1.165) is 35.8 Å². The van der Waals surface area contributed by atoms with Gasteiger partial charge in [-0.1, -0.05) is 23.8 Å². The lowest BCUT2D eigenvalue weighted by Crippen LogP contribution is -2.52. The molecule has 27 heavy (non-hydrogen) atoms. The van der Waals surface area contributed by atoms with Gasteiger partial charge in [-0.15, -0.1) is 0 Å². The van der Waals surface area contributed by atoms with Crippen LogP contribution in [0, 0.1) is 20.8 Å². The minimum absolute atomic E-state index is 0.0309. The van der Waals surface area contributed by atoms with Crippen LogP contribution in [0.15, 0.2) is 36.5 Å². The number of rotatable bonds is 5. The highest BCUT2D eigenvalue weighted by molar-refractivity contribution is 5.74. The number of ether oxygens (including phenoxy) is 1. The van der Waals surface area contributed by atoms with E-state index in [-0.39, 0.29) is 6.03 Å². The second-order valence-corrected chi connectivity index (χ2v) is 6.97. The first kappa shape index (κ1) is 19.0. The molecular formula is C21H28N4O2. The number of urea groups is 1. The number of carbonyl (C=O) groups excluding carboxylic acids is 1. The summed E-state index contributed by atoms with van der Waals surface area (Å²) in [5.74, 6) is 1.88. The van der Waals surface area contributed by atoms with Crippen LogP contribution in [-0.2, 0) is 0 Å². The first-order valence-electron chi connectivity index (χ1n) is 9.44. The smallest absolute Gasteiger partial charge is 0.317 e. The second kappa shape index (κ2) is 8.75. The molecule has 1 aliphatic heterocycles. The fourth-order valence-corrected chi connectivity index (χ4v) is 3.50. The van der Waals surface area contributed by atoms with Crippen LogP contribution in [0.25, 0.3) is 0 Å². The van der Waals surface area contributed by atoms with Crippen molar-refractivity contribution in [2.24, 2.45) is 0 Å². The van der Waals surface area contributed by atoms with E-state index < -0.39 is 0 Å². The molecule has 0 unspecified atom stereocenters. The van der Waals surface area contributed by atoms with E-state index in [1.165, 1.54) is 5.56 Å². The molecule has 2 heterocycles. The number of pyridine rings is 1. The van der Waals surface area contributed by atoms with E-state index in [2.05, 4.69) is 48.1 Å². The molecule has 6 heteroatoms. The Morgan fingerprint density at radius 1 is 1.11 bits per heavy atom. The largest absolute Gasteiger partial charge is 0.491 e. The lowest BCUT2D eigenvalue weighted by molar-refractivity contribution is 0.191. The van der Waals surface area contributed by atoms with Crippen LogP contribution in [0.5, 0.6) is 5.75 Å². The summed E-state index contributed by atoms with van der Waals surface area (Å²) < 4.78 is 5.89. The van der Waals surface area contributed by atoms with E-state index >= 15 is 0 Å². The first-order chi connectivity index (χ1) is 13.0. The van der Waals surface area contributed by atoms with Crippen LogP contribution in [0.2, 0.25) is 0 Å². The van der Waals surface area contributed by atoms with E-state index in [1.807, 2.05) is 23.1 Å². The number of hydrogen-bond donors (Lipinski definition) is 1. The number of piperazine rings is 1. The average Bonchev–Trinajstić information content (AvgIpc) is 2.67. The van der Waals surface area contributed by atoms with Gasteiger partial charge in [0.1, 0.15) is 18.2 Å². The highest BCUT2D eigenvalue weighted by Gasteiger charge is 2.21. The third kappa shape index (κ3) is 4.90. The number of hydrogen-bond acceptors (Lipinski definition) is 4. The maximum absolute atomic E-state index is 12.4. The van der Waals surface area contributed by atoms with E-state index in [4.69, 9.17) is 4.74 Å². The average molecular weight is 368 g/mol. The fraction of sp³-hybridized carbons (Fsp3) is 0.429. The number of aromatic nitrogens is 1. The van der Waals surface area contributed by atoms with Crippen LogP contribution in [0.4, 0.5) is 10.6 Å². The third-order valence-corrected chi connectivity index (χ3v) is 4.77. The van der Waals surface area contributed by atoms with Crippen LogP contribution in [-0.4, -0.2) is 55.2 Å². The van der Waals surface area contributed by atoms with Gasteiger partial charge in [-0.25, -0.2) is 9.78 Å². The number of aryl methyl sites for hydroxylation is 3. The van der Waals surface area contributed by atoms with Gasteiger partial charge in [-0.2, -0.15) is 0 Å². The van der Waals surface area contributed by atoms with Crippen molar-refractivity contribution in [3.63, 3.8) is 0 Å². The molecule has 0 saturated carbocycles. The van der Waals surface area contributed by atoms with Crippen molar-refractivity contribution in [1.29, 1.82) is 0 Å². The van der Waals surface area contributed by atoms with Gasteiger partial charge in [0.25, 0.3) is 0 Å². The molecule has 0 atom stereocenters. The minimum atomic E-state index is -0.0309. The summed E-state index contributed by atoms with van der Waals surface area (Å²) in [5, 5.41) is 2.96. The number of anilines is 1. The Kier molecular flexibility index (Phi) is 6.16. The zero-order valence-electron chi connectivity index (χ0n) is 16.4. The van der Waals surface area contributed by atoms with Gasteiger partial charge in [0, 0.05) is 32.4 Å². The van der Waals surface area contributed by atoms with Gasteiger partial charge in [0.2, 0.25) is 0 Å². The lowest BCUT2D eigenvalue weighted by atomic mass is 10.1. The van der Waals surface area contributed by atoms with Gasteiger partial charge in [0.15, 0.2) is 0 Å². The van der Waals surface area contributed by atoms with Crippen molar-refractivity contribution in [2.45, 2.75) is 20.8 Å². The summed E-state index contributed by atoms with van der Waals surface area (Å²) in [5.41, 5.74) is 3.49. The quantitative estimate of drug-likeness (QED) is 0.825. The van der Waals surface area contributed by atoms with Gasteiger partial charge in [0.05, 0.1) is 6.54 Å². The molecule has 144 valence electrons. The maximum Gasteiger partial charge on any atom is 0.317 e. The van der Waals surface area contributed by atoms with Gasteiger partial charge < -0.3 is 19.9 Å². The molecule has 2 aromatic rings. The Balaban J connectivity index is 1.40. The molecule has 1 aromatic carbocycles. The predicted molar refractivity (Wildman–Crippen MR) is 108 cm³/mol. The van der Waals surface area contributed by atoms with Crippen molar-refractivity contribution in [3.8, 4) is 5.75 Å². The maximum atomic E-state index is 12.4. The van der Waals surface area contributed by atoms with Crippen LogP contribution in [0.1, 0.15) is 16.7 Å². The van der Waals surface area contributed by atoms with E-state index in [1.54, 1.807) is 6.20 Å². The number of amides is 2. The van der Waals surface area contributed by atoms with Gasteiger partial charge >= 0.3 is 6.03 Å². The van der Waals surface area contributed by atoms with Gasteiger partial charge in [-0.3, -0.25) is 0 Å². The second-order valence-electron chi connectivity index (χ2n) is 6.97. The molecule has 1 fully saturated rings. The van der Waals surface area contributed by atoms with E-state index in [0.29, 0.717) is 26.2 Å². The number of nitrogens with zero attached hydrogens (tertiary/aromatic N) is 3. The van der Waals surface area contributed by atoms with Crippen LogP contribution in [0.3, 0.4) is 0 Å². The predicted octanol–water partition coefficient (Wildman–Crippen LogP) is 2.92. The summed E-state index contributed by atoms with van der Waals surface area (Å²) in [7, 11) is 0. The summed E-state index contributed by atoms with van der Waals surface area (Å²) in [6.45, 7) is 10.1. The molecule has 3 rings (SSSR count). The molecule has 1 saturated heterocycles. The van der Waals surface area contributed by atoms with Crippen LogP contribution < -0.4 is 15.0 Å². The monoisotopic (exact) mass is 368 g/mol. The van der Waals surface area contributed by atoms with Crippen molar-refractivity contribution >= 4 is 11.8 Å². The zero-order chi connectivity index (χ0) is 19.2. The Bertz CT molecular complexity index is 748. The number of benzene rings is 1. The summed E-state index contributed by atoms with van der Waals surface area (Å²) >= 11 is 0. The molecule has 0 aliphatic carbocycles. The highest BCUT2D eigenvalue weighted by atomic mass is 16.5. The summed E-state index contributed by atoms with van der Waals surface area (Å²) in [6.07, 6.45) is 1.80. The molecule has 0 bridgehead atoms. The van der Waals surface area contributed by atoms with Gasteiger partial charge in [-0.05, 0) is 44.0 Å². The first-order valence-corrected chi connectivity index (χ1v) is 9.44. The Labute approximate surface area is 161 Å². The molecule has 1 aliphatic rings. The Morgan fingerprint density at radius 3 is 2.44 bits per heavy atom. The van der Waals surface area contributed by atoms with Crippen molar-refractivity contribution in [3.05, 3.63) is 53.2 Å². The Morgan fingerprint density at radius 2 is 1.81 bits per heavy atom. The highest BCUT2D eigenvalue weighted by Crippen LogP contribution is 2.24. The summed E-state index contributed by atoms with van der Waals surface area (Å²) in [6, 6.07) is 10.1. The molecule has 0 radical (unpaired) electrons. The minimum Gasteiger partial charge on any atom is -0.491 e. The summed E-state index contributed by atoms with van der Waals surface area (Å²) in [4.78, 5) is 20.8. The number of carbonyl (C=O) groups is 1. The SMILES string of the molecule is Cc1cc(C)c(OCCNC(=O)N2CCN(c3ccccn3)CC2)c(C)c1. The van der Waals surface area contributed by atoms with E-state index in [9.17, 15) is 4.79 Å². The van der Waals surface area contributed by atoms with Crippen molar-refractivity contribution in [1.82, 2.24) is 15.2 Å². The molecule has 1 N–H and O–H groups in total. The molecular weight excluding hydrogens is 340 g/mol. The molecule has 0 spiro atoms. The topological polar surface area (TPSA) is 57.7 Å². The van der Waals surface area contributed by atoms with Crippen molar-refractivity contribution in [2.75, 3.05) is 44.2 Å². The molecule has 1 aromatic heterocycles. The van der Waals surface area contributed by atoms with Crippen molar-refractivity contribution < 1.29 is 9.53 Å². The standard InChI is InChI=1S/C21H28N4O2/c1-16-14-17(2)20(18(3)15-16)27-13-8-23-21(26)25-11-9-24(10-12-25)19-6-4-5-7-22-19/h4-7,14-15H,8-13H2,1-3H3,(H,23,26). The fourth-order valence-electron chi connectivity index (χ4n) is 3.50. The lowest BCUT2D eigenvalue weighted by Gasteiger charge is -2.35.